The van der Waals surface area contributed by atoms with Gasteiger partial charge in [0.1, 0.15) is 13.2 Å². The lowest BCUT2D eigenvalue weighted by molar-refractivity contribution is 1.20. The molecule has 15 heavy (non-hydrogen) atoms. The van der Waals surface area contributed by atoms with Crippen molar-refractivity contribution in [1.29, 1.82) is 0 Å². The molecule has 0 amide bonds. The number of pyridine rings is 1. The van der Waals surface area contributed by atoms with Crippen molar-refractivity contribution in [2.45, 2.75) is 33.5 Å². The van der Waals surface area contributed by atoms with Crippen LogP contribution in [0.2, 0.25) is 24.8 Å². The van der Waals surface area contributed by atoms with Crippen LogP contribution in [0.4, 0.5) is 0 Å². The van der Waals surface area contributed by atoms with E-state index in [0.29, 0.717) is 5.15 Å². The fourth-order valence-corrected chi connectivity index (χ4v) is 1.80. The van der Waals surface area contributed by atoms with Crippen LogP contribution >= 0.6 is 11.6 Å². The number of rotatable bonds is 0. The summed E-state index contributed by atoms with van der Waals surface area (Å²) in [6, 6.07) is 0. The summed E-state index contributed by atoms with van der Waals surface area (Å²) in [6.45, 7) is 10.7. The molecule has 0 bridgehead atoms. The van der Waals surface area contributed by atoms with Crippen molar-refractivity contribution in [2.75, 3.05) is 0 Å². The zero-order valence-corrected chi connectivity index (χ0v) is 11.7. The highest BCUT2D eigenvalue weighted by Crippen LogP contribution is 2.18. The molecular formula is C12H16ClNSi. The summed E-state index contributed by atoms with van der Waals surface area (Å²) < 4.78 is 0. The van der Waals surface area contributed by atoms with Crippen LogP contribution in [0.3, 0.4) is 0 Å². The molecule has 0 fully saturated rings. The zero-order chi connectivity index (χ0) is 11.6. The Morgan fingerprint density at radius 2 is 1.87 bits per heavy atom. The van der Waals surface area contributed by atoms with Gasteiger partial charge in [-0.25, -0.2) is 4.98 Å². The Hall–Kier alpha value is -0.783. The molecule has 3 heteroatoms. The summed E-state index contributed by atoms with van der Waals surface area (Å²) in [5.74, 6) is 3.18. The molecule has 0 aliphatic carbocycles. The molecule has 0 aliphatic heterocycles. The quantitative estimate of drug-likeness (QED) is 0.382. The first-order chi connectivity index (χ1) is 6.81. The summed E-state index contributed by atoms with van der Waals surface area (Å²) in [6.07, 6.45) is 1.79. The van der Waals surface area contributed by atoms with E-state index in [1.807, 2.05) is 13.8 Å². The first-order valence-corrected chi connectivity index (χ1v) is 8.84. The summed E-state index contributed by atoms with van der Waals surface area (Å²) >= 11 is 6.03. The average Bonchev–Trinajstić information content (AvgIpc) is 2.10. The monoisotopic (exact) mass is 237 g/mol. The van der Waals surface area contributed by atoms with E-state index >= 15 is 0 Å². The lowest BCUT2D eigenvalue weighted by atomic mass is 10.1. The Kier molecular flexibility index (Phi) is 3.59. The van der Waals surface area contributed by atoms with Gasteiger partial charge in [-0.1, -0.05) is 37.2 Å². The first-order valence-electron chi connectivity index (χ1n) is 4.96. The fourth-order valence-electron chi connectivity index (χ4n) is 1.06. The second-order valence-corrected chi connectivity index (χ2v) is 9.84. The van der Waals surface area contributed by atoms with Crippen molar-refractivity contribution in [3.63, 3.8) is 0 Å². The molecule has 0 saturated carbocycles. The molecule has 0 spiro atoms. The first kappa shape index (κ1) is 12.3. The lowest BCUT2D eigenvalue weighted by Crippen LogP contribution is -2.16. The van der Waals surface area contributed by atoms with Crippen molar-refractivity contribution in [3.8, 4) is 11.5 Å². The summed E-state index contributed by atoms with van der Waals surface area (Å²) in [5, 5.41) is 0.517. The maximum absolute atomic E-state index is 6.03. The van der Waals surface area contributed by atoms with Gasteiger partial charge in [0.15, 0.2) is 0 Å². The van der Waals surface area contributed by atoms with Crippen LogP contribution in [0.5, 0.6) is 0 Å². The number of hydrogen-bond acceptors (Lipinski definition) is 1. The Morgan fingerprint density at radius 3 is 2.40 bits per heavy atom. The predicted octanol–water partition coefficient (Wildman–Crippen LogP) is 3.58. The molecule has 0 saturated heterocycles. The van der Waals surface area contributed by atoms with Gasteiger partial charge < -0.3 is 0 Å². The van der Waals surface area contributed by atoms with Gasteiger partial charge in [-0.05, 0) is 25.0 Å². The molecule has 1 rings (SSSR count). The summed E-state index contributed by atoms with van der Waals surface area (Å²) in [4.78, 5) is 4.12. The van der Waals surface area contributed by atoms with Crippen molar-refractivity contribution in [1.82, 2.24) is 4.98 Å². The molecule has 0 atom stereocenters. The standard InChI is InChI=1S/C12H16ClNSi/c1-9-8-14-12(13)11(10(9)2)6-7-15(3,4)5/h8H,1-5H3. The van der Waals surface area contributed by atoms with E-state index in [0.717, 1.165) is 16.7 Å². The van der Waals surface area contributed by atoms with Gasteiger partial charge in [0.25, 0.3) is 0 Å². The number of nitrogens with zero attached hydrogens (tertiary/aromatic N) is 1. The molecule has 0 aliphatic rings. The molecule has 0 unspecified atom stereocenters. The van der Waals surface area contributed by atoms with Crippen LogP contribution in [-0.2, 0) is 0 Å². The SMILES string of the molecule is Cc1cnc(Cl)c(C#C[Si](C)(C)C)c1C. The number of halogens is 1. The molecule has 0 N–H and O–H groups in total. The molecule has 0 radical (unpaired) electrons. The molecule has 1 aromatic heterocycles. The molecular weight excluding hydrogens is 222 g/mol. The Labute approximate surface area is 97.9 Å². The predicted molar refractivity (Wildman–Crippen MR) is 68.9 cm³/mol. The smallest absolute Gasteiger partial charge is 0.144 e. The molecule has 0 aromatic carbocycles. The third-order valence-electron chi connectivity index (χ3n) is 2.11. The van der Waals surface area contributed by atoms with Gasteiger partial charge in [-0.15, -0.1) is 5.54 Å². The zero-order valence-electron chi connectivity index (χ0n) is 9.90. The minimum Gasteiger partial charge on any atom is -0.243 e. The van der Waals surface area contributed by atoms with E-state index in [9.17, 15) is 0 Å². The van der Waals surface area contributed by atoms with Crippen molar-refractivity contribution >= 4 is 19.7 Å². The van der Waals surface area contributed by atoms with E-state index in [1.54, 1.807) is 6.20 Å². The van der Waals surface area contributed by atoms with Crippen LogP contribution < -0.4 is 0 Å². The van der Waals surface area contributed by atoms with Gasteiger partial charge >= 0.3 is 0 Å². The van der Waals surface area contributed by atoms with E-state index < -0.39 is 8.07 Å². The highest BCUT2D eigenvalue weighted by molar-refractivity contribution is 6.83. The minimum absolute atomic E-state index is 0.517. The fraction of sp³-hybridized carbons (Fsp3) is 0.417. The highest BCUT2D eigenvalue weighted by Gasteiger charge is 2.09. The van der Waals surface area contributed by atoms with Gasteiger partial charge in [0.2, 0.25) is 0 Å². The highest BCUT2D eigenvalue weighted by atomic mass is 35.5. The van der Waals surface area contributed by atoms with Crippen LogP contribution in [-0.4, -0.2) is 13.1 Å². The number of aromatic nitrogens is 1. The van der Waals surface area contributed by atoms with Crippen LogP contribution in [0, 0.1) is 25.3 Å². The third-order valence-corrected chi connectivity index (χ3v) is 3.27. The second kappa shape index (κ2) is 4.38. The topological polar surface area (TPSA) is 12.9 Å². The maximum Gasteiger partial charge on any atom is 0.144 e. The van der Waals surface area contributed by atoms with E-state index in [4.69, 9.17) is 11.6 Å². The van der Waals surface area contributed by atoms with Gasteiger partial charge in [-0.2, -0.15) is 0 Å². The van der Waals surface area contributed by atoms with E-state index in [-0.39, 0.29) is 0 Å². The van der Waals surface area contributed by atoms with Crippen molar-refractivity contribution < 1.29 is 0 Å². The number of aryl methyl sites for hydroxylation is 1. The molecule has 1 aromatic rings. The molecule has 1 heterocycles. The van der Waals surface area contributed by atoms with Gasteiger partial charge in [0.05, 0.1) is 5.56 Å². The maximum atomic E-state index is 6.03. The average molecular weight is 238 g/mol. The Balaban J connectivity index is 3.25. The van der Waals surface area contributed by atoms with E-state index in [1.165, 1.54) is 0 Å². The van der Waals surface area contributed by atoms with Gasteiger partial charge in [0, 0.05) is 6.20 Å². The molecule has 1 nitrogen and oxygen atoms in total. The van der Waals surface area contributed by atoms with Crippen LogP contribution in [0.25, 0.3) is 0 Å². The normalized spacial score (nSPS) is 10.8. The lowest BCUT2D eigenvalue weighted by Gasteiger charge is -2.06. The number of hydrogen-bond donors (Lipinski definition) is 0. The van der Waals surface area contributed by atoms with E-state index in [2.05, 4.69) is 36.1 Å². The summed E-state index contributed by atoms with van der Waals surface area (Å²) in [5.41, 5.74) is 6.48. The largest absolute Gasteiger partial charge is 0.243 e. The third kappa shape index (κ3) is 3.37. The van der Waals surface area contributed by atoms with Crippen LogP contribution in [0.1, 0.15) is 16.7 Å². The van der Waals surface area contributed by atoms with Crippen molar-refractivity contribution in [3.05, 3.63) is 28.0 Å². The minimum atomic E-state index is -1.35. The Bertz CT molecular complexity index is 435. The van der Waals surface area contributed by atoms with Crippen molar-refractivity contribution in [2.24, 2.45) is 0 Å². The summed E-state index contributed by atoms with van der Waals surface area (Å²) in [7, 11) is -1.35. The Morgan fingerprint density at radius 1 is 1.27 bits per heavy atom. The van der Waals surface area contributed by atoms with Crippen LogP contribution in [0.15, 0.2) is 6.20 Å². The van der Waals surface area contributed by atoms with Gasteiger partial charge in [-0.3, -0.25) is 0 Å². The molecule has 80 valence electrons. The second-order valence-electron chi connectivity index (χ2n) is 4.73.